The van der Waals surface area contributed by atoms with Crippen LogP contribution in [0.25, 0.3) is 0 Å². The van der Waals surface area contributed by atoms with Crippen molar-refractivity contribution < 1.29 is 24.9 Å². The molecule has 0 amide bonds. The molecule has 0 aromatic rings. The van der Waals surface area contributed by atoms with Gasteiger partial charge in [-0.25, -0.2) is 0 Å². The van der Waals surface area contributed by atoms with Gasteiger partial charge >= 0.3 is 5.97 Å². The van der Waals surface area contributed by atoms with Crippen LogP contribution in [-0.2, 0) is 9.53 Å². The molecule has 1 unspecified atom stereocenters. The molecule has 3 N–H and O–H groups in total. The smallest absolute Gasteiger partial charge is 0.305 e. The van der Waals surface area contributed by atoms with Crippen molar-refractivity contribution >= 4 is 5.97 Å². The number of carbonyl (C=O) groups excluding carboxylic acids is 1. The Labute approximate surface area is 180 Å². The highest BCUT2D eigenvalue weighted by Crippen LogP contribution is 2.13. The Kier molecular flexibility index (Phi) is 26.7. The van der Waals surface area contributed by atoms with Crippen molar-refractivity contribution in [3.8, 4) is 0 Å². The molecule has 0 bridgehead atoms. The summed E-state index contributed by atoms with van der Waals surface area (Å²) in [6.45, 7) is 5.24. The zero-order valence-electron chi connectivity index (χ0n) is 19.5. The third kappa shape index (κ3) is 32.2. The van der Waals surface area contributed by atoms with Crippen molar-refractivity contribution in [1.82, 2.24) is 0 Å². The van der Waals surface area contributed by atoms with Crippen LogP contribution in [0.4, 0.5) is 0 Å². The topological polar surface area (TPSA) is 87.0 Å². The first kappa shape index (κ1) is 30.5. The van der Waals surface area contributed by atoms with Crippen LogP contribution >= 0.6 is 0 Å². The number of ether oxygens (including phenoxy) is 1. The summed E-state index contributed by atoms with van der Waals surface area (Å²) in [6.07, 6.45) is 18.9. The van der Waals surface area contributed by atoms with E-state index in [0.717, 1.165) is 12.8 Å². The molecule has 5 nitrogen and oxygen atoms in total. The second-order valence-corrected chi connectivity index (χ2v) is 8.31. The van der Waals surface area contributed by atoms with Gasteiger partial charge in [0, 0.05) is 12.5 Å². The fourth-order valence-corrected chi connectivity index (χ4v) is 2.95. The number of aliphatic hydroxyl groups is 3. The lowest BCUT2D eigenvalue weighted by atomic mass is 10.0. The molecular formula is C24H50O5. The van der Waals surface area contributed by atoms with E-state index in [-0.39, 0.29) is 25.3 Å². The van der Waals surface area contributed by atoms with E-state index in [9.17, 15) is 4.79 Å². The molecule has 29 heavy (non-hydrogen) atoms. The Morgan fingerprint density at radius 2 is 1.07 bits per heavy atom. The van der Waals surface area contributed by atoms with Gasteiger partial charge in [-0.05, 0) is 20.3 Å². The van der Waals surface area contributed by atoms with Crippen molar-refractivity contribution in [3.05, 3.63) is 0 Å². The molecule has 0 aliphatic carbocycles. The molecule has 176 valence electrons. The first-order valence-corrected chi connectivity index (χ1v) is 12.1. The van der Waals surface area contributed by atoms with Gasteiger partial charge in [0.05, 0.1) is 6.61 Å². The minimum absolute atomic E-state index is 0.103. The maximum atomic E-state index is 11.4. The molecule has 0 rings (SSSR count). The molecule has 0 spiro atoms. The van der Waals surface area contributed by atoms with Gasteiger partial charge in [-0.15, -0.1) is 0 Å². The van der Waals surface area contributed by atoms with Gasteiger partial charge in [-0.3, -0.25) is 4.79 Å². The summed E-state index contributed by atoms with van der Waals surface area (Å²) in [4.78, 5) is 11.4. The van der Waals surface area contributed by atoms with Crippen LogP contribution < -0.4 is 0 Å². The molecule has 0 aromatic carbocycles. The van der Waals surface area contributed by atoms with Crippen molar-refractivity contribution in [2.24, 2.45) is 0 Å². The summed E-state index contributed by atoms with van der Waals surface area (Å²) in [6, 6.07) is 0. The molecule has 0 radical (unpaired) electrons. The van der Waals surface area contributed by atoms with Gasteiger partial charge in [0.25, 0.3) is 0 Å². The summed E-state index contributed by atoms with van der Waals surface area (Å²) in [7, 11) is 0. The molecule has 0 heterocycles. The molecule has 0 aliphatic rings. The second kappa shape index (κ2) is 25.4. The van der Waals surface area contributed by atoms with Gasteiger partial charge in [-0.2, -0.15) is 0 Å². The van der Waals surface area contributed by atoms with E-state index in [4.69, 9.17) is 20.1 Å². The Bertz CT molecular complexity index is 318. The molecule has 0 fully saturated rings. The Hall–Kier alpha value is -0.650. The predicted octanol–water partition coefficient (Wildman–Crippen LogP) is 5.53. The van der Waals surface area contributed by atoms with E-state index in [1.165, 1.54) is 83.5 Å². The number of unbranched alkanes of at least 4 members (excludes halogenated alkanes) is 14. The lowest BCUT2D eigenvalue weighted by Crippen LogP contribution is -2.21. The van der Waals surface area contributed by atoms with Crippen LogP contribution in [0.2, 0.25) is 0 Å². The van der Waals surface area contributed by atoms with Crippen LogP contribution in [-0.4, -0.2) is 46.7 Å². The molecule has 5 heteroatoms. The standard InChI is InChI=1S/C21H42O4.C3H8O/c1-2-3-4-5-6-7-8-9-10-11-12-13-14-15-16-17-21(24)25-19-20(23)18-22;1-3(2)4/h20,22-23H,2-19H2,1H3;3-4H,1-2H3. The van der Waals surface area contributed by atoms with Gasteiger partial charge in [0.2, 0.25) is 0 Å². The van der Waals surface area contributed by atoms with Gasteiger partial charge in [0.1, 0.15) is 12.7 Å². The first-order valence-electron chi connectivity index (χ1n) is 12.1. The first-order chi connectivity index (χ1) is 13.9. The van der Waals surface area contributed by atoms with Crippen molar-refractivity contribution in [1.29, 1.82) is 0 Å². The number of esters is 1. The number of hydrogen-bond donors (Lipinski definition) is 3. The number of hydrogen-bond acceptors (Lipinski definition) is 5. The molecule has 0 aliphatic heterocycles. The Morgan fingerprint density at radius 3 is 1.41 bits per heavy atom. The zero-order valence-corrected chi connectivity index (χ0v) is 19.5. The van der Waals surface area contributed by atoms with E-state index >= 15 is 0 Å². The van der Waals surface area contributed by atoms with E-state index < -0.39 is 6.10 Å². The van der Waals surface area contributed by atoms with Gasteiger partial charge in [0.15, 0.2) is 0 Å². The zero-order chi connectivity index (χ0) is 22.2. The highest BCUT2D eigenvalue weighted by molar-refractivity contribution is 5.69. The predicted molar refractivity (Wildman–Crippen MR) is 121 cm³/mol. The molecule has 0 aromatic heterocycles. The fourth-order valence-electron chi connectivity index (χ4n) is 2.95. The van der Waals surface area contributed by atoms with Crippen molar-refractivity contribution in [3.63, 3.8) is 0 Å². The summed E-state index contributed by atoms with van der Waals surface area (Å²) in [5.74, 6) is -0.276. The lowest BCUT2D eigenvalue weighted by Gasteiger charge is -2.08. The highest BCUT2D eigenvalue weighted by Gasteiger charge is 2.07. The maximum Gasteiger partial charge on any atom is 0.305 e. The molecular weight excluding hydrogens is 368 g/mol. The number of carbonyl (C=O) groups is 1. The van der Waals surface area contributed by atoms with E-state index in [0.29, 0.717) is 6.42 Å². The van der Waals surface area contributed by atoms with E-state index in [2.05, 4.69) is 6.92 Å². The number of rotatable bonds is 19. The van der Waals surface area contributed by atoms with E-state index in [1.807, 2.05) is 0 Å². The Morgan fingerprint density at radius 1 is 0.724 bits per heavy atom. The summed E-state index contributed by atoms with van der Waals surface area (Å²) in [5, 5.41) is 25.8. The van der Waals surface area contributed by atoms with Gasteiger partial charge in [-0.1, -0.05) is 96.8 Å². The van der Waals surface area contributed by atoms with E-state index in [1.54, 1.807) is 13.8 Å². The monoisotopic (exact) mass is 418 g/mol. The molecule has 1 atom stereocenters. The lowest BCUT2D eigenvalue weighted by molar-refractivity contribution is -0.147. The average molecular weight is 419 g/mol. The highest BCUT2D eigenvalue weighted by atomic mass is 16.5. The SMILES string of the molecule is CC(C)O.CCCCCCCCCCCCCCCCCC(=O)OCC(O)CO. The largest absolute Gasteiger partial charge is 0.463 e. The molecule has 0 saturated carbocycles. The normalized spacial score (nSPS) is 11.8. The van der Waals surface area contributed by atoms with Crippen LogP contribution in [0.5, 0.6) is 0 Å². The van der Waals surface area contributed by atoms with Crippen LogP contribution in [0.15, 0.2) is 0 Å². The third-order valence-corrected chi connectivity index (χ3v) is 4.63. The van der Waals surface area contributed by atoms with Crippen molar-refractivity contribution in [2.75, 3.05) is 13.2 Å². The summed E-state index contributed by atoms with van der Waals surface area (Å²) < 4.78 is 4.86. The second-order valence-electron chi connectivity index (χ2n) is 8.31. The third-order valence-electron chi connectivity index (χ3n) is 4.63. The minimum atomic E-state index is -0.954. The maximum absolute atomic E-state index is 11.4. The molecule has 0 saturated heterocycles. The number of aliphatic hydroxyl groups excluding tert-OH is 3. The Balaban J connectivity index is 0. The average Bonchev–Trinajstić information content (AvgIpc) is 2.68. The van der Waals surface area contributed by atoms with Crippen LogP contribution in [0.1, 0.15) is 124 Å². The summed E-state index contributed by atoms with van der Waals surface area (Å²) >= 11 is 0. The van der Waals surface area contributed by atoms with Crippen molar-refractivity contribution in [2.45, 2.75) is 136 Å². The van der Waals surface area contributed by atoms with Gasteiger partial charge < -0.3 is 20.1 Å². The van der Waals surface area contributed by atoms with Crippen LogP contribution in [0, 0.1) is 0 Å². The minimum Gasteiger partial charge on any atom is -0.463 e. The quantitative estimate of drug-likeness (QED) is 0.190. The fraction of sp³-hybridized carbons (Fsp3) is 0.958. The van der Waals surface area contributed by atoms with Crippen LogP contribution in [0.3, 0.4) is 0 Å². The summed E-state index contributed by atoms with van der Waals surface area (Å²) in [5.41, 5.74) is 0.